The van der Waals surface area contributed by atoms with E-state index in [1.165, 1.54) is 17.4 Å². The number of carbonyl (C=O) groups is 1. The highest BCUT2D eigenvalue weighted by atomic mass is 32.1. The maximum Gasteiger partial charge on any atom is 0.269 e. The molecule has 2 N–H and O–H groups in total. The molecule has 3 aromatic rings. The molecule has 6 nitrogen and oxygen atoms in total. The van der Waals surface area contributed by atoms with Gasteiger partial charge in [-0.25, -0.2) is 14.4 Å². The van der Waals surface area contributed by atoms with Crippen LogP contribution in [0, 0.1) is 18.7 Å². The lowest BCUT2D eigenvalue weighted by Gasteiger charge is -2.04. The number of hydrogen-bond donors (Lipinski definition) is 2. The molecular weight excluding hydrogens is 353 g/mol. The van der Waals surface area contributed by atoms with Gasteiger partial charge in [-0.15, -0.1) is 11.3 Å². The van der Waals surface area contributed by atoms with Crippen molar-refractivity contribution in [3.05, 3.63) is 39.6 Å². The van der Waals surface area contributed by atoms with Crippen LogP contribution in [0.1, 0.15) is 26.8 Å². The Balaban J connectivity index is 1.56. The number of anilines is 1. The van der Waals surface area contributed by atoms with E-state index in [-0.39, 0.29) is 11.4 Å². The van der Waals surface area contributed by atoms with E-state index in [2.05, 4.69) is 20.6 Å². The van der Waals surface area contributed by atoms with Crippen molar-refractivity contribution >= 4 is 34.2 Å². The van der Waals surface area contributed by atoms with Crippen LogP contribution in [0.15, 0.2) is 18.2 Å². The summed E-state index contributed by atoms with van der Waals surface area (Å²) in [6.07, 6.45) is 2.04. The number of hydrogen-bond acceptors (Lipinski definition) is 5. The number of thiazole rings is 1. The third-order valence-corrected chi connectivity index (χ3v) is 5.94. The topological polar surface area (TPSA) is 71.8 Å². The van der Waals surface area contributed by atoms with Crippen LogP contribution in [-0.2, 0) is 13.5 Å². The van der Waals surface area contributed by atoms with Crippen LogP contribution < -0.4 is 10.6 Å². The summed E-state index contributed by atoms with van der Waals surface area (Å²) in [6.45, 7) is 3.90. The Hall–Kier alpha value is -2.32. The Morgan fingerprint density at radius 3 is 3.04 bits per heavy atom. The van der Waals surface area contributed by atoms with Crippen molar-refractivity contribution in [2.24, 2.45) is 13.0 Å². The Morgan fingerprint density at radius 1 is 1.46 bits per heavy atom. The highest BCUT2D eigenvalue weighted by Crippen LogP contribution is 2.25. The molecule has 3 heterocycles. The fraction of sp³-hybridized carbons (Fsp3) is 0.389. The molecule has 0 bridgehead atoms. The predicted molar refractivity (Wildman–Crippen MR) is 100 cm³/mol. The molecule has 4 rings (SSSR count). The third-order valence-electron chi connectivity index (χ3n) is 4.76. The summed E-state index contributed by atoms with van der Waals surface area (Å²) in [6, 6.07) is 4.76. The van der Waals surface area contributed by atoms with Crippen molar-refractivity contribution in [3.63, 3.8) is 0 Å². The first kappa shape index (κ1) is 17.1. The highest BCUT2D eigenvalue weighted by Gasteiger charge is 2.21. The number of nitrogens with zero attached hydrogens (tertiary/aromatic N) is 3. The first-order valence-electron chi connectivity index (χ1n) is 8.62. The Kier molecular flexibility index (Phi) is 4.46. The molecule has 26 heavy (non-hydrogen) atoms. The molecule has 0 radical (unpaired) electrons. The predicted octanol–water partition coefficient (Wildman–Crippen LogP) is 2.88. The van der Waals surface area contributed by atoms with Gasteiger partial charge in [0.25, 0.3) is 5.91 Å². The van der Waals surface area contributed by atoms with Crippen molar-refractivity contribution in [1.82, 2.24) is 19.9 Å². The lowest BCUT2D eigenvalue weighted by Crippen LogP contribution is -2.14. The number of nitrogens with one attached hydrogen (secondary N) is 2. The summed E-state index contributed by atoms with van der Waals surface area (Å²) < 4.78 is 15.6. The van der Waals surface area contributed by atoms with Crippen LogP contribution in [0.4, 0.5) is 10.3 Å². The number of carbonyl (C=O) groups excluding carboxylic acids is 1. The zero-order valence-electron chi connectivity index (χ0n) is 14.7. The summed E-state index contributed by atoms with van der Waals surface area (Å²) in [5.74, 6) is 0.248. The molecule has 1 aliphatic rings. The average Bonchev–Trinajstić information content (AvgIpc) is 3.31. The van der Waals surface area contributed by atoms with Gasteiger partial charge in [-0.3, -0.25) is 10.1 Å². The first-order valence-corrected chi connectivity index (χ1v) is 9.44. The van der Waals surface area contributed by atoms with Crippen molar-refractivity contribution in [3.8, 4) is 0 Å². The van der Waals surface area contributed by atoms with Gasteiger partial charge < -0.3 is 9.88 Å². The van der Waals surface area contributed by atoms with E-state index in [4.69, 9.17) is 0 Å². The second kappa shape index (κ2) is 6.77. The van der Waals surface area contributed by atoms with Gasteiger partial charge in [0.15, 0.2) is 5.82 Å². The van der Waals surface area contributed by atoms with E-state index in [1.807, 2.05) is 6.92 Å². The van der Waals surface area contributed by atoms with Crippen LogP contribution in [-0.4, -0.2) is 33.5 Å². The number of aromatic nitrogens is 3. The molecular formula is C18H20FN5OS. The van der Waals surface area contributed by atoms with Gasteiger partial charge in [0.2, 0.25) is 5.95 Å². The minimum Gasteiger partial charge on any atom is -0.316 e. The molecule has 8 heteroatoms. The number of rotatable bonds is 4. The van der Waals surface area contributed by atoms with Gasteiger partial charge in [0, 0.05) is 13.5 Å². The number of aryl methyl sites for hydroxylation is 2. The van der Waals surface area contributed by atoms with Gasteiger partial charge in [-0.2, -0.15) is 0 Å². The number of benzene rings is 1. The average molecular weight is 373 g/mol. The van der Waals surface area contributed by atoms with Crippen LogP contribution >= 0.6 is 11.3 Å². The molecule has 1 aromatic carbocycles. The first-order chi connectivity index (χ1) is 12.5. The Morgan fingerprint density at radius 2 is 2.31 bits per heavy atom. The summed E-state index contributed by atoms with van der Waals surface area (Å²) in [7, 11) is 1.75. The molecule has 1 atom stereocenters. The van der Waals surface area contributed by atoms with Gasteiger partial charge >= 0.3 is 0 Å². The van der Waals surface area contributed by atoms with E-state index >= 15 is 0 Å². The number of halogens is 1. The van der Waals surface area contributed by atoms with E-state index in [9.17, 15) is 9.18 Å². The molecule has 0 saturated carbocycles. The highest BCUT2D eigenvalue weighted by molar-refractivity contribution is 7.13. The SMILES string of the molecule is Cc1nc(CC2CCNC2)sc1C(=O)Nc1nc2c(F)cccc2n1C. The van der Waals surface area contributed by atoms with Gasteiger partial charge in [-0.1, -0.05) is 6.07 Å². The molecule has 1 fully saturated rings. The third kappa shape index (κ3) is 3.10. The Bertz CT molecular complexity index is 974. The van der Waals surface area contributed by atoms with Crippen LogP contribution in [0.5, 0.6) is 0 Å². The van der Waals surface area contributed by atoms with Gasteiger partial charge in [0.1, 0.15) is 10.4 Å². The second-order valence-corrected chi connectivity index (χ2v) is 7.72. The normalized spacial score (nSPS) is 17.1. The number of amides is 1. The fourth-order valence-corrected chi connectivity index (χ4v) is 4.41. The summed E-state index contributed by atoms with van der Waals surface area (Å²) in [5, 5.41) is 7.13. The van der Waals surface area contributed by atoms with Crippen molar-refractivity contribution in [1.29, 1.82) is 0 Å². The van der Waals surface area contributed by atoms with Crippen LogP contribution in [0.25, 0.3) is 11.0 Å². The minimum atomic E-state index is -0.403. The van der Waals surface area contributed by atoms with E-state index < -0.39 is 5.82 Å². The largest absolute Gasteiger partial charge is 0.316 e. The number of imidazole rings is 1. The maximum absolute atomic E-state index is 13.9. The van der Waals surface area contributed by atoms with Crippen LogP contribution in [0.3, 0.4) is 0 Å². The Labute approximate surface area is 154 Å². The standard InChI is InChI=1S/C18H20FN5OS/c1-10-16(26-14(21-10)8-11-6-7-20-9-11)17(25)23-18-22-15-12(19)4-3-5-13(15)24(18)2/h3-5,11,20H,6-9H2,1-2H3,(H,22,23,25). The van der Waals surface area contributed by atoms with Gasteiger partial charge in [-0.05, 0) is 44.5 Å². The van der Waals surface area contributed by atoms with Crippen molar-refractivity contribution in [2.75, 3.05) is 18.4 Å². The van der Waals surface area contributed by atoms with E-state index in [0.717, 1.165) is 36.6 Å². The quantitative estimate of drug-likeness (QED) is 0.738. The van der Waals surface area contributed by atoms with Crippen LogP contribution in [0.2, 0.25) is 0 Å². The number of para-hydroxylation sites is 1. The molecule has 1 aliphatic heterocycles. The second-order valence-electron chi connectivity index (χ2n) is 6.64. The fourth-order valence-electron chi connectivity index (χ4n) is 3.34. The number of fused-ring (bicyclic) bond motifs is 1. The molecule has 1 amide bonds. The zero-order valence-corrected chi connectivity index (χ0v) is 15.5. The molecule has 1 unspecified atom stereocenters. The van der Waals surface area contributed by atoms with Gasteiger partial charge in [0.05, 0.1) is 16.2 Å². The molecule has 0 aliphatic carbocycles. The van der Waals surface area contributed by atoms with Crippen molar-refractivity contribution in [2.45, 2.75) is 19.8 Å². The molecule has 2 aromatic heterocycles. The smallest absolute Gasteiger partial charge is 0.269 e. The van der Waals surface area contributed by atoms with E-state index in [0.29, 0.717) is 22.3 Å². The molecule has 136 valence electrons. The maximum atomic E-state index is 13.9. The summed E-state index contributed by atoms with van der Waals surface area (Å²) in [4.78, 5) is 22.1. The molecule has 0 spiro atoms. The monoisotopic (exact) mass is 373 g/mol. The van der Waals surface area contributed by atoms with E-state index in [1.54, 1.807) is 23.7 Å². The lowest BCUT2D eigenvalue weighted by atomic mass is 10.1. The zero-order chi connectivity index (χ0) is 18.3. The minimum absolute atomic E-state index is 0.251. The lowest BCUT2D eigenvalue weighted by molar-refractivity contribution is 0.102. The molecule has 1 saturated heterocycles. The van der Waals surface area contributed by atoms with Crippen molar-refractivity contribution < 1.29 is 9.18 Å². The summed E-state index contributed by atoms with van der Waals surface area (Å²) >= 11 is 1.43. The summed E-state index contributed by atoms with van der Waals surface area (Å²) in [5.41, 5.74) is 1.61.